The van der Waals surface area contributed by atoms with Gasteiger partial charge in [0.1, 0.15) is 5.76 Å². The van der Waals surface area contributed by atoms with E-state index in [4.69, 9.17) is 9.26 Å². The predicted octanol–water partition coefficient (Wildman–Crippen LogP) is 4.49. The zero-order valence-electron chi connectivity index (χ0n) is 20.6. The van der Waals surface area contributed by atoms with Gasteiger partial charge in [-0.25, -0.2) is 0 Å². The molecule has 0 aliphatic rings. The fourth-order valence-corrected chi connectivity index (χ4v) is 3.88. The molecular formula is C25H37N3O5. The SMILES string of the molecule is COCC(CC(=O)O)c1ccc(N(CC(C)C)CC(C)C)c(NC(=O)Cc2cc(C)on2)c1. The zero-order valence-corrected chi connectivity index (χ0v) is 20.6. The fourth-order valence-electron chi connectivity index (χ4n) is 3.88. The minimum atomic E-state index is -0.894. The average molecular weight is 460 g/mol. The Morgan fingerprint density at radius 1 is 1.15 bits per heavy atom. The number of benzene rings is 1. The first kappa shape index (κ1) is 26.4. The number of anilines is 2. The Morgan fingerprint density at radius 2 is 1.82 bits per heavy atom. The molecule has 2 N–H and O–H groups in total. The van der Waals surface area contributed by atoms with E-state index in [0.29, 0.717) is 29.0 Å². The first-order valence-electron chi connectivity index (χ1n) is 11.4. The summed E-state index contributed by atoms with van der Waals surface area (Å²) in [6, 6.07) is 7.52. The lowest BCUT2D eigenvalue weighted by atomic mass is 9.95. The van der Waals surface area contributed by atoms with Crippen molar-refractivity contribution in [1.29, 1.82) is 0 Å². The Bertz CT molecular complexity index is 913. The van der Waals surface area contributed by atoms with Crippen LogP contribution < -0.4 is 10.2 Å². The molecule has 1 aromatic heterocycles. The molecule has 8 heteroatoms. The molecule has 0 radical (unpaired) electrons. The number of aromatic nitrogens is 1. The van der Waals surface area contributed by atoms with Crippen LogP contribution in [0, 0.1) is 18.8 Å². The van der Waals surface area contributed by atoms with Crippen molar-refractivity contribution in [2.24, 2.45) is 11.8 Å². The van der Waals surface area contributed by atoms with Gasteiger partial charge in [-0.2, -0.15) is 0 Å². The van der Waals surface area contributed by atoms with E-state index in [9.17, 15) is 14.7 Å². The number of carboxylic acid groups (broad SMARTS) is 1. The highest BCUT2D eigenvalue weighted by Gasteiger charge is 2.21. The van der Waals surface area contributed by atoms with E-state index in [1.54, 1.807) is 20.1 Å². The van der Waals surface area contributed by atoms with Gasteiger partial charge in [0.05, 0.1) is 36.5 Å². The van der Waals surface area contributed by atoms with Gasteiger partial charge in [0.25, 0.3) is 0 Å². The van der Waals surface area contributed by atoms with Crippen LogP contribution in [0.25, 0.3) is 0 Å². The van der Waals surface area contributed by atoms with Crippen molar-refractivity contribution in [3.63, 3.8) is 0 Å². The van der Waals surface area contributed by atoms with Gasteiger partial charge in [0.15, 0.2) is 0 Å². The molecule has 1 aromatic carbocycles. The van der Waals surface area contributed by atoms with Gasteiger partial charge < -0.3 is 24.6 Å². The Kier molecular flexibility index (Phi) is 9.91. The quantitative estimate of drug-likeness (QED) is 0.455. The Balaban J connectivity index is 2.43. The van der Waals surface area contributed by atoms with Crippen LogP contribution in [0.4, 0.5) is 11.4 Å². The summed E-state index contributed by atoms with van der Waals surface area (Å²) in [6.45, 7) is 12.4. The van der Waals surface area contributed by atoms with Gasteiger partial charge in [-0.3, -0.25) is 9.59 Å². The molecule has 0 aliphatic heterocycles. The van der Waals surface area contributed by atoms with Crippen molar-refractivity contribution in [3.8, 4) is 0 Å². The van der Waals surface area contributed by atoms with Gasteiger partial charge >= 0.3 is 5.97 Å². The molecule has 0 saturated heterocycles. The summed E-state index contributed by atoms with van der Waals surface area (Å²) in [6.07, 6.45) is 0.0342. The molecule has 33 heavy (non-hydrogen) atoms. The molecule has 182 valence electrons. The van der Waals surface area contributed by atoms with E-state index in [1.807, 2.05) is 18.2 Å². The third kappa shape index (κ3) is 8.53. The summed E-state index contributed by atoms with van der Waals surface area (Å²) < 4.78 is 10.3. The van der Waals surface area contributed by atoms with Crippen LogP contribution in [-0.4, -0.2) is 48.9 Å². The fraction of sp³-hybridized carbons (Fsp3) is 0.560. The summed E-state index contributed by atoms with van der Waals surface area (Å²) >= 11 is 0. The summed E-state index contributed by atoms with van der Waals surface area (Å²) in [5.74, 6) is 0.0824. The minimum absolute atomic E-state index is 0.0551. The van der Waals surface area contributed by atoms with Crippen molar-refractivity contribution < 1.29 is 24.0 Å². The van der Waals surface area contributed by atoms with Gasteiger partial charge in [-0.15, -0.1) is 0 Å². The maximum atomic E-state index is 12.9. The van der Waals surface area contributed by atoms with Crippen molar-refractivity contribution >= 4 is 23.3 Å². The average Bonchev–Trinajstić information content (AvgIpc) is 3.10. The number of carbonyl (C=O) groups excluding carboxylic acids is 1. The molecular weight excluding hydrogens is 422 g/mol. The molecule has 2 aromatic rings. The maximum Gasteiger partial charge on any atom is 0.304 e. The highest BCUT2D eigenvalue weighted by Crippen LogP contribution is 2.33. The van der Waals surface area contributed by atoms with E-state index in [1.165, 1.54) is 0 Å². The van der Waals surface area contributed by atoms with Crippen molar-refractivity contribution in [2.75, 3.05) is 37.0 Å². The van der Waals surface area contributed by atoms with Crippen LogP contribution in [0.2, 0.25) is 0 Å². The number of nitrogens with zero attached hydrogens (tertiary/aromatic N) is 2. The molecule has 1 heterocycles. The summed E-state index contributed by atoms with van der Waals surface area (Å²) in [7, 11) is 1.55. The van der Waals surface area contributed by atoms with Gasteiger partial charge in [0.2, 0.25) is 5.91 Å². The number of amides is 1. The van der Waals surface area contributed by atoms with Gasteiger partial charge in [-0.05, 0) is 36.5 Å². The monoisotopic (exact) mass is 459 g/mol. The largest absolute Gasteiger partial charge is 0.481 e. The number of hydrogen-bond acceptors (Lipinski definition) is 6. The first-order valence-corrected chi connectivity index (χ1v) is 11.4. The highest BCUT2D eigenvalue weighted by atomic mass is 16.5. The smallest absolute Gasteiger partial charge is 0.304 e. The standard InChI is InChI=1S/C25H37N3O5/c1-16(2)13-28(14-17(3)4)23-8-7-19(20(15-32-6)11-25(30)31)10-22(23)26-24(29)12-21-9-18(5)33-27-21/h7-10,16-17,20H,11-15H2,1-6H3,(H,26,29)(H,30,31). The van der Waals surface area contributed by atoms with E-state index >= 15 is 0 Å². The molecule has 1 atom stereocenters. The number of carboxylic acids is 1. The molecule has 0 saturated carbocycles. The molecule has 1 amide bonds. The molecule has 0 bridgehead atoms. The van der Waals surface area contributed by atoms with Crippen LogP contribution in [0.5, 0.6) is 0 Å². The summed E-state index contributed by atoms with van der Waals surface area (Å²) in [5.41, 5.74) is 2.94. The van der Waals surface area contributed by atoms with Crippen molar-refractivity contribution in [2.45, 2.75) is 53.4 Å². The molecule has 8 nitrogen and oxygen atoms in total. The number of carbonyl (C=O) groups is 2. The minimum Gasteiger partial charge on any atom is -0.481 e. The normalized spacial score (nSPS) is 12.2. The van der Waals surface area contributed by atoms with E-state index in [0.717, 1.165) is 24.3 Å². The second-order valence-electron chi connectivity index (χ2n) is 9.37. The molecule has 2 rings (SSSR count). The molecule has 0 fully saturated rings. The van der Waals surface area contributed by atoms with Crippen LogP contribution in [0.15, 0.2) is 28.8 Å². The Labute approximate surface area is 196 Å². The number of aliphatic carboxylic acids is 1. The lowest BCUT2D eigenvalue weighted by molar-refractivity contribution is -0.137. The molecule has 0 spiro atoms. The van der Waals surface area contributed by atoms with Crippen molar-refractivity contribution in [1.82, 2.24) is 5.16 Å². The lowest BCUT2D eigenvalue weighted by Gasteiger charge is -2.31. The predicted molar refractivity (Wildman–Crippen MR) is 129 cm³/mol. The van der Waals surface area contributed by atoms with Gasteiger partial charge in [0, 0.05) is 32.2 Å². The van der Waals surface area contributed by atoms with Gasteiger partial charge in [-0.1, -0.05) is 38.9 Å². The van der Waals surface area contributed by atoms with Crippen LogP contribution in [-0.2, 0) is 20.7 Å². The third-order valence-electron chi connectivity index (χ3n) is 5.09. The molecule has 1 unspecified atom stereocenters. The first-order chi connectivity index (χ1) is 15.6. The number of methoxy groups -OCH3 is 1. The number of nitrogens with one attached hydrogen (secondary N) is 1. The summed E-state index contributed by atoms with van der Waals surface area (Å²) in [5, 5.41) is 16.3. The maximum absolute atomic E-state index is 12.9. The molecule has 0 aliphatic carbocycles. The number of hydrogen-bond donors (Lipinski definition) is 2. The van der Waals surface area contributed by atoms with Crippen LogP contribution >= 0.6 is 0 Å². The second kappa shape index (κ2) is 12.4. The number of ether oxygens (including phenoxy) is 1. The Hall–Kier alpha value is -2.87. The van der Waals surface area contributed by atoms with E-state index < -0.39 is 5.97 Å². The Morgan fingerprint density at radius 3 is 2.33 bits per heavy atom. The second-order valence-corrected chi connectivity index (χ2v) is 9.37. The topological polar surface area (TPSA) is 105 Å². The van der Waals surface area contributed by atoms with E-state index in [2.05, 4.69) is 43.1 Å². The summed E-state index contributed by atoms with van der Waals surface area (Å²) in [4.78, 5) is 26.5. The van der Waals surface area contributed by atoms with Crippen molar-refractivity contribution in [3.05, 3.63) is 41.3 Å². The van der Waals surface area contributed by atoms with Crippen LogP contribution in [0.1, 0.15) is 57.1 Å². The highest BCUT2D eigenvalue weighted by molar-refractivity contribution is 5.95. The lowest BCUT2D eigenvalue weighted by Crippen LogP contribution is -2.32. The zero-order chi connectivity index (χ0) is 24.5. The number of aryl methyl sites for hydroxylation is 1. The van der Waals surface area contributed by atoms with E-state index in [-0.39, 0.29) is 31.3 Å². The van der Waals surface area contributed by atoms with Crippen LogP contribution in [0.3, 0.4) is 0 Å². The third-order valence-corrected chi connectivity index (χ3v) is 5.09. The number of rotatable bonds is 13.